The fourth-order valence-corrected chi connectivity index (χ4v) is 2.93. The van der Waals surface area contributed by atoms with Crippen LogP contribution in [0.25, 0.3) is 0 Å². The standard InChI is InChI=1S/C15H19BrClN3/c1-4-13-15(17)14(20(3)19-13)9-18-10(2)11-6-5-7-12(16)8-11/h5-8,10,18H,4,9H2,1-3H3/t10-/m0/s1. The molecule has 0 radical (unpaired) electrons. The van der Waals surface area contributed by atoms with Gasteiger partial charge in [0.15, 0.2) is 0 Å². The molecule has 0 saturated carbocycles. The largest absolute Gasteiger partial charge is 0.305 e. The monoisotopic (exact) mass is 355 g/mol. The summed E-state index contributed by atoms with van der Waals surface area (Å²) in [5.41, 5.74) is 3.24. The molecule has 5 heteroatoms. The van der Waals surface area contributed by atoms with Gasteiger partial charge >= 0.3 is 0 Å². The maximum Gasteiger partial charge on any atom is 0.0863 e. The lowest BCUT2D eigenvalue weighted by Crippen LogP contribution is -2.20. The highest BCUT2D eigenvalue weighted by molar-refractivity contribution is 9.10. The average molecular weight is 357 g/mol. The molecule has 0 aliphatic rings. The van der Waals surface area contributed by atoms with Crippen LogP contribution >= 0.6 is 27.5 Å². The zero-order valence-electron chi connectivity index (χ0n) is 12.0. The zero-order chi connectivity index (χ0) is 14.7. The van der Waals surface area contributed by atoms with Crippen LogP contribution in [0.5, 0.6) is 0 Å². The van der Waals surface area contributed by atoms with Gasteiger partial charge in [0.1, 0.15) is 0 Å². The van der Waals surface area contributed by atoms with Gasteiger partial charge in [-0.3, -0.25) is 4.68 Å². The number of rotatable bonds is 5. The first kappa shape index (κ1) is 15.5. The molecule has 2 aromatic rings. The van der Waals surface area contributed by atoms with E-state index < -0.39 is 0 Å². The van der Waals surface area contributed by atoms with Crippen molar-refractivity contribution in [3.63, 3.8) is 0 Å². The Hall–Kier alpha value is -0.840. The molecule has 0 fully saturated rings. The quantitative estimate of drug-likeness (QED) is 0.868. The van der Waals surface area contributed by atoms with Crippen LogP contribution in [0.3, 0.4) is 0 Å². The lowest BCUT2D eigenvalue weighted by atomic mass is 10.1. The summed E-state index contributed by atoms with van der Waals surface area (Å²) >= 11 is 9.85. The van der Waals surface area contributed by atoms with Crippen molar-refractivity contribution in [1.82, 2.24) is 15.1 Å². The Morgan fingerprint density at radius 2 is 2.20 bits per heavy atom. The Balaban J connectivity index is 2.07. The van der Waals surface area contributed by atoms with Crippen LogP contribution in [0.2, 0.25) is 5.02 Å². The van der Waals surface area contributed by atoms with Crippen LogP contribution in [0.4, 0.5) is 0 Å². The third-order valence-electron chi connectivity index (χ3n) is 3.43. The van der Waals surface area contributed by atoms with Crippen LogP contribution in [0.15, 0.2) is 28.7 Å². The van der Waals surface area contributed by atoms with Gasteiger partial charge in [0, 0.05) is 24.1 Å². The molecule has 1 aromatic heterocycles. The first-order chi connectivity index (χ1) is 9.52. The minimum absolute atomic E-state index is 0.253. The van der Waals surface area contributed by atoms with Gasteiger partial charge in [-0.05, 0) is 31.0 Å². The van der Waals surface area contributed by atoms with Gasteiger partial charge in [-0.15, -0.1) is 0 Å². The van der Waals surface area contributed by atoms with E-state index in [1.165, 1.54) is 5.56 Å². The molecule has 1 aromatic carbocycles. The Morgan fingerprint density at radius 3 is 2.80 bits per heavy atom. The predicted molar refractivity (Wildman–Crippen MR) is 87.0 cm³/mol. The van der Waals surface area contributed by atoms with Crippen LogP contribution in [-0.4, -0.2) is 9.78 Å². The van der Waals surface area contributed by atoms with Crippen LogP contribution < -0.4 is 5.32 Å². The molecular formula is C15H19BrClN3. The molecule has 1 atom stereocenters. The SMILES string of the molecule is CCc1nn(C)c(CN[C@@H](C)c2cccc(Br)c2)c1Cl. The fourth-order valence-electron chi connectivity index (χ4n) is 2.16. The summed E-state index contributed by atoms with van der Waals surface area (Å²) in [6.45, 7) is 4.92. The maximum atomic E-state index is 6.35. The maximum absolute atomic E-state index is 6.35. The minimum atomic E-state index is 0.253. The van der Waals surface area contributed by atoms with E-state index in [0.29, 0.717) is 6.54 Å². The van der Waals surface area contributed by atoms with Gasteiger partial charge < -0.3 is 5.32 Å². The van der Waals surface area contributed by atoms with Crippen molar-refractivity contribution in [2.75, 3.05) is 0 Å². The Kier molecular flexibility index (Phi) is 5.24. The first-order valence-electron chi connectivity index (χ1n) is 6.72. The number of halogens is 2. The third kappa shape index (κ3) is 3.43. The highest BCUT2D eigenvalue weighted by Crippen LogP contribution is 2.22. The van der Waals surface area contributed by atoms with E-state index in [1.807, 2.05) is 23.9 Å². The summed E-state index contributed by atoms with van der Waals surface area (Å²) in [7, 11) is 1.94. The zero-order valence-corrected chi connectivity index (χ0v) is 14.3. The molecular weight excluding hydrogens is 338 g/mol. The van der Waals surface area contributed by atoms with Gasteiger partial charge in [0.05, 0.1) is 16.4 Å². The topological polar surface area (TPSA) is 29.9 Å². The van der Waals surface area contributed by atoms with Crippen molar-refractivity contribution < 1.29 is 0 Å². The molecule has 0 aliphatic carbocycles. The molecule has 3 nitrogen and oxygen atoms in total. The van der Waals surface area contributed by atoms with Crippen molar-refractivity contribution >= 4 is 27.5 Å². The number of benzene rings is 1. The number of nitrogens with one attached hydrogen (secondary N) is 1. The molecule has 108 valence electrons. The molecule has 2 rings (SSSR count). The molecule has 0 saturated heterocycles. The van der Waals surface area contributed by atoms with Crippen molar-refractivity contribution in [1.29, 1.82) is 0 Å². The molecule has 0 unspecified atom stereocenters. The van der Waals surface area contributed by atoms with E-state index in [-0.39, 0.29) is 6.04 Å². The summed E-state index contributed by atoms with van der Waals surface area (Å²) in [5, 5.41) is 8.71. The fraction of sp³-hybridized carbons (Fsp3) is 0.400. The van der Waals surface area contributed by atoms with Gasteiger partial charge in [-0.25, -0.2) is 0 Å². The number of aryl methyl sites for hydroxylation is 2. The lowest BCUT2D eigenvalue weighted by Gasteiger charge is -2.15. The molecule has 0 spiro atoms. The van der Waals surface area contributed by atoms with Crippen molar-refractivity contribution in [2.45, 2.75) is 32.9 Å². The van der Waals surface area contributed by atoms with Crippen molar-refractivity contribution in [3.8, 4) is 0 Å². The van der Waals surface area contributed by atoms with E-state index in [2.05, 4.69) is 52.3 Å². The average Bonchev–Trinajstić information content (AvgIpc) is 2.71. The number of aromatic nitrogens is 2. The minimum Gasteiger partial charge on any atom is -0.305 e. The molecule has 20 heavy (non-hydrogen) atoms. The summed E-state index contributed by atoms with van der Waals surface area (Å²) in [6.07, 6.45) is 0.855. The summed E-state index contributed by atoms with van der Waals surface area (Å²) in [4.78, 5) is 0. The normalized spacial score (nSPS) is 12.7. The second kappa shape index (κ2) is 6.74. The molecule has 0 amide bonds. The highest BCUT2D eigenvalue weighted by Gasteiger charge is 2.14. The second-order valence-electron chi connectivity index (χ2n) is 4.84. The van der Waals surface area contributed by atoms with E-state index in [9.17, 15) is 0 Å². The Labute approximate surface area is 133 Å². The second-order valence-corrected chi connectivity index (χ2v) is 6.14. The van der Waals surface area contributed by atoms with Gasteiger partial charge in [-0.1, -0.05) is 46.6 Å². The van der Waals surface area contributed by atoms with Gasteiger partial charge in [0.25, 0.3) is 0 Å². The summed E-state index contributed by atoms with van der Waals surface area (Å²) < 4.78 is 2.96. The Bertz CT molecular complexity index is 595. The molecule has 0 aliphatic heterocycles. The first-order valence-corrected chi connectivity index (χ1v) is 7.89. The molecule has 1 heterocycles. The van der Waals surface area contributed by atoms with E-state index in [4.69, 9.17) is 11.6 Å². The van der Waals surface area contributed by atoms with Crippen LogP contribution in [0, 0.1) is 0 Å². The van der Waals surface area contributed by atoms with Gasteiger partial charge in [0.2, 0.25) is 0 Å². The smallest absolute Gasteiger partial charge is 0.0863 e. The van der Waals surface area contributed by atoms with Crippen molar-refractivity contribution in [2.24, 2.45) is 7.05 Å². The Morgan fingerprint density at radius 1 is 1.45 bits per heavy atom. The van der Waals surface area contributed by atoms with E-state index >= 15 is 0 Å². The van der Waals surface area contributed by atoms with Crippen LogP contribution in [-0.2, 0) is 20.0 Å². The van der Waals surface area contributed by atoms with Crippen molar-refractivity contribution in [3.05, 3.63) is 50.7 Å². The number of hydrogen-bond acceptors (Lipinski definition) is 2. The molecule has 0 bridgehead atoms. The summed E-state index contributed by atoms with van der Waals surface area (Å²) in [5.74, 6) is 0. The highest BCUT2D eigenvalue weighted by atomic mass is 79.9. The summed E-state index contributed by atoms with van der Waals surface area (Å²) in [6, 6.07) is 8.57. The van der Waals surface area contributed by atoms with E-state index in [1.54, 1.807) is 0 Å². The predicted octanol–water partition coefficient (Wildman–Crippen LogP) is 4.25. The molecule has 1 N–H and O–H groups in total. The third-order valence-corrected chi connectivity index (χ3v) is 4.36. The van der Waals surface area contributed by atoms with E-state index in [0.717, 1.165) is 27.3 Å². The van der Waals surface area contributed by atoms with Crippen LogP contribution in [0.1, 0.15) is 36.8 Å². The number of nitrogens with zero attached hydrogens (tertiary/aromatic N) is 2. The lowest BCUT2D eigenvalue weighted by molar-refractivity contribution is 0.547. The number of hydrogen-bond donors (Lipinski definition) is 1. The van der Waals surface area contributed by atoms with Gasteiger partial charge in [-0.2, -0.15) is 5.10 Å².